The number of ether oxygens (including phenoxy) is 1. The van der Waals surface area contributed by atoms with Gasteiger partial charge in [0.15, 0.2) is 5.54 Å². The molecule has 1 fully saturated rings. The minimum Gasteiger partial charge on any atom is -0.493 e. The van der Waals surface area contributed by atoms with Crippen molar-refractivity contribution in [1.82, 2.24) is 15.2 Å². The molecule has 7 heteroatoms. The lowest BCUT2D eigenvalue weighted by Crippen LogP contribution is -2.47. The minimum absolute atomic E-state index is 0.0474. The van der Waals surface area contributed by atoms with Gasteiger partial charge < -0.3 is 14.5 Å². The number of amides is 3. The van der Waals surface area contributed by atoms with Crippen LogP contribution in [0.4, 0.5) is 4.79 Å². The second-order valence-electron chi connectivity index (χ2n) is 6.83. The number of hydrogen-bond acceptors (Lipinski definition) is 5. The first kappa shape index (κ1) is 16.6. The molecule has 1 spiro atoms. The molecule has 28 heavy (non-hydrogen) atoms. The van der Waals surface area contributed by atoms with E-state index in [9.17, 15) is 9.59 Å². The number of carbonyl (C=O) groups is 2. The van der Waals surface area contributed by atoms with Gasteiger partial charge in [0.25, 0.3) is 5.91 Å². The molecule has 1 aromatic heterocycles. The molecule has 2 aliphatic heterocycles. The fourth-order valence-electron chi connectivity index (χ4n) is 3.77. The number of fused-ring (bicyclic) bond motifs is 2. The highest BCUT2D eigenvalue weighted by Gasteiger charge is 2.54. The van der Waals surface area contributed by atoms with E-state index in [-0.39, 0.29) is 12.5 Å². The van der Waals surface area contributed by atoms with E-state index in [0.717, 1.165) is 5.56 Å². The highest BCUT2D eigenvalue weighted by Crippen LogP contribution is 2.41. The summed E-state index contributed by atoms with van der Waals surface area (Å²) in [7, 11) is 0. The Morgan fingerprint density at radius 1 is 1.07 bits per heavy atom. The number of benzene rings is 2. The summed E-state index contributed by atoms with van der Waals surface area (Å²) < 4.78 is 11.2. The first-order chi connectivity index (χ1) is 13.7. The highest BCUT2D eigenvalue weighted by atomic mass is 16.5. The molecule has 2 aliphatic rings. The van der Waals surface area contributed by atoms with Crippen LogP contribution in [-0.2, 0) is 16.9 Å². The molecule has 0 saturated carbocycles. The van der Waals surface area contributed by atoms with E-state index in [1.165, 1.54) is 11.2 Å². The third kappa shape index (κ3) is 2.47. The summed E-state index contributed by atoms with van der Waals surface area (Å²) in [5.74, 6) is 0.781. The lowest BCUT2D eigenvalue weighted by atomic mass is 9.84. The smallest absolute Gasteiger partial charge is 0.325 e. The number of carbonyl (C=O) groups excluding carboxylic acids is 2. The van der Waals surface area contributed by atoms with Gasteiger partial charge in [-0.3, -0.25) is 9.69 Å². The van der Waals surface area contributed by atoms with Crippen molar-refractivity contribution >= 4 is 11.9 Å². The van der Waals surface area contributed by atoms with Crippen LogP contribution in [0.5, 0.6) is 5.75 Å². The van der Waals surface area contributed by atoms with E-state index in [1.807, 2.05) is 54.6 Å². The number of aromatic nitrogens is 1. The van der Waals surface area contributed by atoms with E-state index in [4.69, 9.17) is 9.15 Å². The maximum atomic E-state index is 13.3. The van der Waals surface area contributed by atoms with Crippen LogP contribution in [0.1, 0.15) is 17.7 Å². The number of nitrogens with one attached hydrogen (secondary N) is 1. The first-order valence-electron chi connectivity index (χ1n) is 9.04. The Morgan fingerprint density at radius 3 is 2.71 bits per heavy atom. The molecule has 3 aromatic rings. The molecule has 3 amide bonds. The average Bonchev–Trinajstić information content (AvgIpc) is 3.29. The first-order valence-corrected chi connectivity index (χ1v) is 9.04. The van der Waals surface area contributed by atoms with E-state index < -0.39 is 11.6 Å². The van der Waals surface area contributed by atoms with Crippen molar-refractivity contribution in [3.63, 3.8) is 0 Å². The zero-order valence-electron chi connectivity index (χ0n) is 14.9. The van der Waals surface area contributed by atoms with Crippen molar-refractivity contribution < 1.29 is 18.7 Å². The lowest BCUT2D eigenvalue weighted by Gasteiger charge is -2.33. The Balaban J connectivity index is 1.43. The van der Waals surface area contributed by atoms with Gasteiger partial charge >= 0.3 is 6.03 Å². The molecule has 3 heterocycles. The fourth-order valence-corrected chi connectivity index (χ4v) is 3.77. The van der Waals surface area contributed by atoms with E-state index >= 15 is 0 Å². The third-order valence-electron chi connectivity index (χ3n) is 5.15. The van der Waals surface area contributed by atoms with Gasteiger partial charge in [-0.2, -0.15) is 0 Å². The number of nitrogens with zero attached hydrogens (tertiary/aromatic N) is 2. The quantitative estimate of drug-likeness (QED) is 0.711. The molecule has 0 aliphatic carbocycles. The molecular weight excluding hydrogens is 358 g/mol. The number of urea groups is 1. The van der Waals surface area contributed by atoms with Crippen molar-refractivity contribution in [3.05, 3.63) is 72.1 Å². The standard InChI is InChI=1S/C21H17N3O4/c25-19-21(10-11-27-17-9-5-4-8-16(17)21)23-20(26)24(19)12-15-13-28-18(22-15)14-6-2-1-3-7-14/h1-9,13H,10-12H2,(H,23,26). The van der Waals surface area contributed by atoms with Gasteiger partial charge in [-0.1, -0.05) is 36.4 Å². The van der Waals surface area contributed by atoms with Crippen molar-refractivity contribution in [2.24, 2.45) is 0 Å². The molecule has 1 atom stereocenters. The number of imide groups is 1. The fraction of sp³-hybridized carbons (Fsp3) is 0.190. The van der Waals surface area contributed by atoms with Crippen LogP contribution in [0, 0.1) is 0 Å². The summed E-state index contributed by atoms with van der Waals surface area (Å²) in [5.41, 5.74) is 0.950. The maximum absolute atomic E-state index is 13.3. The van der Waals surface area contributed by atoms with Gasteiger partial charge in [0.2, 0.25) is 5.89 Å². The van der Waals surface area contributed by atoms with Gasteiger partial charge in [0.1, 0.15) is 12.0 Å². The van der Waals surface area contributed by atoms with Crippen LogP contribution in [0.25, 0.3) is 11.5 Å². The Hall–Kier alpha value is -3.61. The molecule has 1 saturated heterocycles. The Morgan fingerprint density at radius 2 is 1.86 bits per heavy atom. The van der Waals surface area contributed by atoms with Gasteiger partial charge in [0.05, 0.1) is 18.8 Å². The lowest BCUT2D eigenvalue weighted by molar-refractivity contribution is -0.133. The summed E-state index contributed by atoms with van der Waals surface area (Å²) in [4.78, 5) is 31.5. The highest BCUT2D eigenvalue weighted by molar-refractivity contribution is 6.07. The molecule has 0 bridgehead atoms. The van der Waals surface area contributed by atoms with E-state index in [0.29, 0.717) is 35.9 Å². The van der Waals surface area contributed by atoms with E-state index in [2.05, 4.69) is 10.3 Å². The third-order valence-corrected chi connectivity index (χ3v) is 5.15. The summed E-state index contributed by atoms with van der Waals surface area (Å²) in [6.07, 6.45) is 1.87. The van der Waals surface area contributed by atoms with E-state index in [1.54, 1.807) is 0 Å². The van der Waals surface area contributed by atoms with Gasteiger partial charge in [-0.05, 0) is 18.2 Å². The SMILES string of the molecule is O=C1NC2(CCOc3ccccc32)C(=O)N1Cc1coc(-c2ccccc2)n1. The number of oxazole rings is 1. The van der Waals surface area contributed by atoms with Crippen LogP contribution in [-0.4, -0.2) is 28.4 Å². The zero-order chi connectivity index (χ0) is 19.1. The number of para-hydroxylation sites is 1. The predicted molar refractivity (Wildman–Crippen MR) is 99.3 cm³/mol. The predicted octanol–water partition coefficient (Wildman–Crippen LogP) is 3.07. The summed E-state index contributed by atoms with van der Waals surface area (Å²) in [6.45, 7) is 0.408. The Labute approximate surface area is 160 Å². The largest absolute Gasteiger partial charge is 0.493 e. The summed E-state index contributed by atoms with van der Waals surface area (Å²) in [5, 5.41) is 2.88. The molecule has 1 unspecified atom stereocenters. The molecule has 7 nitrogen and oxygen atoms in total. The normalized spacial score (nSPS) is 20.8. The van der Waals surface area contributed by atoms with Gasteiger partial charge in [-0.25, -0.2) is 9.78 Å². The van der Waals surface area contributed by atoms with Crippen LogP contribution in [0.15, 0.2) is 65.3 Å². The van der Waals surface area contributed by atoms with Crippen molar-refractivity contribution in [3.8, 4) is 17.2 Å². The maximum Gasteiger partial charge on any atom is 0.325 e. The number of rotatable bonds is 3. The van der Waals surface area contributed by atoms with Crippen LogP contribution in [0.2, 0.25) is 0 Å². The number of hydrogen-bond donors (Lipinski definition) is 1. The summed E-state index contributed by atoms with van der Waals surface area (Å²) >= 11 is 0. The van der Waals surface area contributed by atoms with Crippen molar-refractivity contribution in [1.29, 1.82) is 0 Å². The summed E-state index contributed by atoms with van der Waals surface area (Å²) in [6, 6.07) is 16.3. The van der Waals surface area contributed by atoms with Crippen LogP contribution in [0.3, 0.4) is 0 Å². The zero-order valence-corrected chi connectivity index (χ0v) is 14.9. The van der Waals surface area contributed by atoms with Crippen molar-refractivity contribution in [2.45, 2.75) is 18.5 Å². The molecule has 2 aromatic carbocycles. The molecular formula is C21H17N3O4. The molecule has 0 radical (unpaired) electrons. The topological polar surface area (TPSA) is 84.7 Å². The van der Waals surface area contributed by atoms with Crippen molar-refractivity contribution in [2.75, 3.05) is 6.61 Å². The Kier molecular flexibility index (Phi) is 3.68. The molecule has 140 valence electrons. The Bertz CT molecular complexity index is 1060. The van der Waals surface area contributed by atoms with Crippen LogP contribution >= 0.6 is 0 Å². The van der Waals surface area contributed by atoms with Crippen LogP contribution < -0.4 is 10.1 Å². The monoisotopic (exact) mass is 375 g/mol. The van der Waals surface area contributed by atoms with Gasteiger partial charge in [0, 0.05) is 17.5 Å². The second-order valence-corrected chi connectivity index (χ2v) is 6.83. The second kappa shape index (κ2) is 6.23. The average molecular weight is 375 g/mol. The molecule has 5 rings (SSSR count). The molecule has 1 N–H and O–H groups in total. The van der Waals surface area contributed by atoms with Gasteiger partial charge in [-0.15, -0.1) is 0 Å². The minimum atomic E-state index is -1.09.